The lowest BCUT2D eigenvalue weighted by Crippen LogP contribution is -1.80. The molecule has 2 aromatic heterocycles. The second kappa shape index (κ2) is 5.74. The molecule has 0 bridgehead atoms. The first kappa shape index (κ1) is 15.8. The molecule has 0 fully saturated rings. The van der Waals surface area contributed by atoms with Crippen molar-refractivity contribution in [3.05, 3.63) is 97.1 Å². The average Bonchev–Trinajstić information content (AvgIpc) is 3.41. The van der Waals surface area contributed by atoms with Gasteiger partial charge in [0.2, 0.25) is 0 Å². The molecule has 140 valence electrons. The van der Waals surface area contributed by atoms with E-state index in [1.807, 2.05) is 0 Å². The summed E-state index contributed by atoms with van der Waals surface area (Å²) < 4.78 is 0. The lowest BCUT2D eigenvalue weighted by Gasteiger charge is -2.07. The quantitative estimate of drug-likeness (QED) is 0.272. The van der Waals surface area contributed by atoms with Gasteiger partial charge in [0.1, 0.15) is 0 Å². The minimum absolute atomic E-state index is 1.14. The van der Waals surface area contributed by atoms with Crippen LogP contribution in [0.2, 0.25) is 0 Å². The first-order valence-corrected chi connectivity index (χ1v) is 10.3. The standard InChI is InChI=1S/C28H18N2/c1-6-15-24-17(8-1)16-25(29-24)22-13-7-14-23-26-20-11-4-2-9-18(20)19-10-3-5-12-21(19)28(26)30-27(22)23/h1-16,29-30H. The van der Waals surface area contributed by atoms with Crippen molar-refractivity contribution < 1.29 is 0 Å². The summed E-state index contributed by atoms with van der Waals surface area (Å²) in [6.07, 6.45) is 0. The van der Waals surface area contributed by atoms with E-state index in [1.165, 1.54) is 54.3 Å². The summed E-state index contributed by atoms with van der Waals surface area (Å²) in [6, 6.07) is 34.7. The van der Waals surface area contributed by atoms with Crippen LogP contribution < -0.4 is 0 Å². The molecule has 2 heterocycles. The molecular weight excluding hydrogens is 364 g/mol. The van der Waals surface area contributed by atoms with E-state index < -0.39 is 0 Å². The summed E-state index contributed by atoms with van der Waals surface area (Å²) in [5.74, 6) is 0. The van der Waals surface area contributed by atoms with Crippen molar-refractivity contribution in [1.29, 1.82) is 0 Å². The fourth-order valence-corrected chi connectivity index (χ4v) is 5.01. The molecule has 5 aromatic carbocycles. The Hall–Kier alpha value is -4.04. The molecule has 30 heavy (non-hydrogen) atoms. The van der Waals surface area contributed by atoms with Gasteiger partial charge in [0.25, 0.3) is 0 Å². The maximum absolute atomic E-state index is 3.80. The monoisotopic (exact) mass is 382 g/mol. The number of H-pyrrole nitrogens is 2. The first-order chi connectivity index (χ1) is 14.9. The van der Waals surface area contributed by atoms with E-state index in [0.29, 0.717) is 0 Å². The molecule has 0 unspecified atom stereocenters. The van der Waals surface area contributed by atoms with Crippen LogP contribution in [0.5, 0.6) is 0 Å². The zero-order valence-electron chi connectivity index (χ0n) is 16.2. The highest BCUT2D eigenvalue weighted by atomic mass is 14.7. The number of hydrogen-bond donors (Lipinski definition) is 2. The van der Waals surface area contributed by atoms with Crippen molar-refractivity contribution in [2.24, 2.45) is 0 Å². The highest BCUT2D eigenvalue weighted by Crippen LogP contribution is 2.41. The molecule has 7 aromatic rings. The maximum Gasteiger partial charge on any atom is 0.0559 e. The van der Waals surface area contributed by atoms with Crippen molar-refractivity contribution in [3.8, 4) is 11.3 Å². The third kappa shape index (κ3) is 2.03. The van der Waals surface area contributed by atoms with Crippen LogP contribution >= 0.6 is 0 Å². The van der Waals surface area contributed by atoms with Crippen molar-refractivity contribution in [3.63, 3.8) is 0 Å². The van der Waals surface area contributed by atoms with E-state index in [4.69, 9.17) is 0 Å². The van der Waals surface area contributed by atoms with Crippen molar-refractivity contribution >= 4 is 54.3 Å². The second-order valence-corrected chi connectivity index (χ2v) is 7.96. The highest BCUT2D eigenvalue weighted by molar-refractivity contribution is 6.32. The van der Waals surface area contributed by atoms with Gasteiger partial charge in [-0.05, 0) is 28.3 Å². The van der Waals surface area contributed by atoms with Gasteiger partial charge in [-0.3, -0.25) is 0 Å². The van der Waals surface area contributed by atoms with Crippen LogP contribution in [0, 0.1) is 0 Å². The van der Waals surface area contributed by atoms with Gasteiger partial charge in [0.05, 0.1) is 11.0 Å². The molecule has 0 saturated carbocycles. The van der Waals surface area contributed by atoms with Gasteiger partial charge in [0, 0.05) is 38.3 Å². The number of aromatic amines is 2. The molecule has 0 aliphatic rings. The Morgan fingerprint density at radius 3 is 1.97 bits per heavy atom. The molecule has 7 rings (SSSR count). The predicted octanol–water partition coefficient (Wildman–Crippen LogP) is 7.78. The van der Waals surface area contributed by atoms with E-state index in [9.17, 15) is 0 Å². The number of benzene rings is 5. The summed E-state index contributed by atoms with van der Waals surface area (Å²) in [5, 5.41) is 8.96. The lowest BCUT2D eigenvalue weighted by atomic mass is 9.96. The summed E-state index contributed by atoms with van der Waals surface area (Å²) in [7, 11) is 0. The normalized spacial score (nSPS) is 12.0. The van der Waals surface area contributed by atoms with Gasteiger partial charge in [-0.25, -0.2) is 0 Å². The Morgan fingerprint density at radius 2 is 1.13 bits per heavy atom. The minimum atomic E-state index is 1.14. The van der Waals surface area contributed by atoms with Crippen molar-refractivity contribution in [2.45, 2.75) is 0 Å². The molecule has 0 aliphatic carbocycles. The Bertz CT molecular complexity index is 1710. The van der Waals surface area contributed by atoms with Crippen LogP contribution in [0.25, 0.3) is 65.5 Å². The fourth-order valence-electron chi connectivity index (χ4n) is 5.01. The third-order valence-electron chi connectivity index (χ3n) is 6.34. The number of para-hydroxylation sites is 2. The molecule has 2 N–H and O–H groups in total. The van der Waals surface area contributed by atoms with Crippen LogP contribution in [-0.2, 0) is 0 Å². The first-order valence-electron chi connectivity index (χ1n) is 10.3. The van der Waals surface area contributed by atoms with E-state index >= 15 is 0 Å². The van der Waals surface area contributed by atoms with Crippen LogP contribution in [0.15, 0.2) is 97.1 Å². The molecule has 0 amide bonds. The van der Waals surface area contributed by atoms with Gasteiger partial charge in [-0.2, -0.15) is 0 Å². The van der Waals surface area contributed by atoms with Crippen molar-refractivity contribution in [2.75, 3.05) is 0 Å². The summed E-state index contributed by atoms with van der Waals surface area (Å²) >= 11 is 0. The average molecular weight is 382 g/mol. The van der Waals surface area contributed by atoms with Crippen LogP contribution in [0.4, 0.5) is 0 Å². The molecule has 0 spiro atoms. The van der Waals surface area contributed by atoms with Crippen LogP contribution in [0.1, 0.15) is 0 Å². The number of fused-ring (bicyclic) bond motifs is 9. The van der Waals surface area contributed by atoms with E-state index in [2.05, 4.69) is 107 Å². The van der Waals surface area contributed by atoms with Gasteiger partial charge < -0.3 is 9.97 Å². The summed E-state index contributed by atoms with van der Waals surface area (Å²) in [6.45, 7) is 0. The number of aromatic nitrogens is 2. The molecule has 0 saturated heterocycles. The van der Waals surface area contributed by atoms with Gasteiger partial charge >= 0.3 is 0 Å². The zero-order valence-corrected chi connectivity index (χ0v) is 16.2. The largest absolute Gasteiger partial charge is 0.354 e. The summed E-state index contributed by atoms with van der Waals surface area (Å²) in [5.41, 5.74) is 5.90. The van der Waals surface area contributed by atoms with Crippen LogP contribution in [0.3, 0.4) is 0 Å². The van der Waals surface area contributed by atoms with Crippen molar-refractivity contribution in [1.82, 2.24) is 9.97 Å². The molecule has 2 heteroatoms. The third-order valence-corrected chi connectivity index (χ3v) is 6.34. The van der Waals surface area contributed by atoms with E-state index in [1.54, 1.807) is 0 Å². The zero-order chi connectivity index (χ0) is 19.7. The number of rotatable bonds is 1. The van der Waals surface area contributed by atoms with Gasteiger partial charge in [-0.1, -0.05) is 84.9 Å². The van der Waals surface area contributed by atoms with E-state index in [-0.39, 0.29) is 0 Å². The molecular formula is C28H18N2. The molecule has 2 nitrogen and oxygen atoms in total. The van der Waals surface area contributed by atoms with Crippen LogP contribution in [-0.4, -0.2) is 9.97 Å². The SMILES string of the molecule is c1ccc2[nH]c(-c3cccc4c3[nH]c3c5ccccc5c5ccccc5c43)cc2c1. The van der Waals surface area contributed by atoms with Gasteiger partial charge in [-0.15, -0.1) is 0 Å². The molecule has 0 radical (unpaired) electrons. The Balaban J connectivity index is 1.68. The predicted molar refractivity (Wildman–Crippen MR) is 128 cm³/mol. The Kier molecular flexibility index (Phi) is 3.03. The highest BCUT2D eigenvalue weighted by Gasteiger charge is 2.16. The Labute approximate surface area is 172 Å². The van der Waals surface area contributed by atoms with E-state index in [0.717, 1.165) is 11.2 Å². The minimum Gasteiger partial charge on any atom is -0.354 e. The van der Waals surface area contributed by atoms with Gasteiger partial charge in [0.15, 0.2) is 0 Å². The fraction of sp³-hybridized carbons (Fsp3) is 0. The summed E-state index contributed by atoms with van der Waals surface area (Å²) in [4.78, 5) is 7.41. The number of nitrogens with one attached hydrogen (secondary N) is 2. The number of hydrogen-bond acceptors (Lipinski definition) is 0. The molecule has 0 aliphatic heterocycles. The second-order valence-electron chi connectivity index (χ2n) is 7.96. The lowest BCUT2D eigenvalue weighted by molar-refractivity contribution is 1.45. The topological polar surface area (TPSA) is 31.6 Å². The smallest absolute Gasteiger partial charge is 0.0559 e. The Morgan fingerprint density at radius 1 is 0.467 bits per heavy atom. The maximum atomic E-state index is 3.80. The molecule has 0 atom stereocenters.